The molecule has 0 aromatic carbocycles. The van der Waals surface area contributed by atoms with Crippen LogP contribution in [0.25, 0.3) is 0 Å². The summed E-state index contributed by atoms with van der Waals surface area (Å²) in [5.74, 6) is -5.46. The number of carbonyl (C=O) groups is 4. The Balaban J connectivity index is 0.000000301. The van der Waals surface area contributed by atoms with Crippen molar-refractivity contribution in [2.24, 2.45) is 7.05 Å². The Kier molecular flexibility index (Phi) is 9.42. The maximum atomic E-state index is 12.8. The van der Waals surface area contributed by atoms with Crippen molar-refractivity contribution >= 4 is 29.4 Å². The average Bonchev–Trinajstić information content (AvgIpc) is 3.45. The fraction of sp³-hybridized carbons (Fsp3) is 0.429. The minimum absolute atomic E-state index is 0.0168. The van der Waals surface area contributed by atoms with E-state index in [0.29, 0.717) is 25.1 Å². The first-order valence-corrected chi connectivity index (χ1v) is 10.7. The number of anilines is 1. The molecule has 2 amide bonds. The van der Waals surface area contributed by atoms with Gasteiger partial charge in [-0.3, -0.25) is 19.3 Å². The van der Waals surface area contributed by atoms with Crippen LogP contribution >= 0.6 is 0 Å². The third-order valence-electron chi connectivity index (χ3n) is 5.36. The molecule has 2 fully saturated rings. The minimum atomic E-state index is -5.08. The summed E-state index contributed by atoms with van der Waals surface area (Å²) in [5.41, 5.74) is 1.27. The number of likely N-dealkylation sites (tertiary alicyclic amines) is 1. The Bertz CT molecular complexity index is 1130. The van der Waals surface area contributed by atoms with Gasteiger partial charge in [0, 0.05) is 32.4 Å². The first kappa shape index (κ1) is 30.0. The molecule has 2 aromatic heterocycles. The maximum Gasteiger partial charge on any atom is 0.490 e. The number of aliphatic carboxylic acids is 2. The van der Waals surface area contributed by atoms with E-state index in [9.17, 15) is 35.9 Å². The molecule has 2 saturated heterocycles. The molecule has 2 aliphatic rings. The van der Waals surface area contributed by atoms with E-state index in [0.717, 1.165) is 12.1 Å². The van der Waals surface area contributed by atoms with Gasteiger partial charge in [-0.15, -0.1) is 0 Å². The number of hydrogen-bond donors (Lipinski definition) is 2. The highest BCUT2D eigenvalue weighted by Gasteiger charge is 2.46. The quantitative estimate of drug-likeness (QED) is 0.540. The van der Waals surface area contributed by atoms with Crippen molar-refractivity contribution in [1.82, 2.24) is 19.7 Å². The van der Waals surface area contributed by atoms with Gasteiger partial charge >= 0.3 is 24.3 Å². The molecule has 2 N–H and O–H groups in total. The zero-order valence-electron chi connectivity index (χ0n) is 19.5. The number of halogens is 6. The Labute approximate surface area is 210 Å². The lowest BCUT2D eigenvalue weighted by atomic mass is 9.95. The van der Waals surface area contributed by atoms with Crippen LogP contribution in [0.2, 0.25) is 0 Å². The van der Waals surface area contributed by atoms with Gasteiger partial charge in [-0.1, -0.05) is 6.07 Å². The number of pyridine rings is 1. The molecule has 11 nitrogen and oxygen atoms in total. The molecule has 0 radical (unpaired) electrons. The van der Waals surface area contributed by atoms with Gasteiger partial charge in [0.15, 0.2) is 0 Å². The highest BCUT2D eigenvalue weighted by atomic mass is 19.4. The highest BCUT2D eigenvalue weighted by molar-refractivity contribution is 5.96. The second kappa shape index (κ2) is 11.9. The van der Waals surface area contributed by atoms with Gasteiger partial charge in [0.2, 0.25) is 5.91 Å². The predicted octanol–water partition coefficient (Wildman–Crippen LogP) is 2.49. The monoisotopic (exact) mass is 553 g/mol. The third-order valence-corrected chi connectivity index (χ3v) is 5.36. The lowest BCUT2D eigenvalue weighted by molar-refractivity contribution is -0.193. The molecular weight excluding hydrogens is 532 g/mol. The van der Waals surface area contributed by atoms with Gasteiger partial charge in [-0.2, -0.15) is 31.4 Å². The first-order valence-electron chi connectivity index (χ1n) is 10.7. The zero-order valence-corrected chi connectivity index (χ0v) is 19.5. The number of alkyl halides is 6. The van der Waals surface area contributed by atoms with Crippen molar-refractivity contribution in [1.29, 1.82) is 0 Å². The van der Waals surface area contributed by atoms with Crippen molar-refractivity contribution in [3.8, 4) is 0 Å². The van der Waals surface area contributed by atoms with Crippen LogP contribution in [0.1, 0.15) is 29.8 Å². The lowest BCUT2D eigenvalue weighted by Crippen LogP contribution is -2.53. The molecule has 4 rings (SSSR count). The molecule has 2 aliphatic heterocycles. The number of aryl methyl sites for hydroxylation is 1. The Morgan fingerprint density at radius 3 is 2.00 bits per heavy atom. The van der Waals surface area contributed by atoms with Crippen LogP contribution in [-0.2, 0) is 21.4 Å². The van der Waals surface area contributed by atoms with Crippen LogP contribution in [0.4, 0.5) is 32.0 Å². The number of piperidine rings is 1. The van der Waals surface area contributed by atoms with E-state index < -0.39 is 24.3 Å². The summed E-state index contributed by atoms with van der Waals surface area (Å²) in [4.78, 5) is 50.9. The van der Waals surface area contributed by atoms with Crippen molar-refractivity contribution in [2.45, 2.75) is 43.7 Å². The molecule has 2 aromatic rings. The average molecular weight is 553 g/mol. The topological polar surface area (TPSA) is 146 Å². The summed E-state index contributed by atoms with van der Waals surface area (Å²) < 4.78 is 65.2. The normalized spacial score (nSPS) is 19.0. The minimum Gasteiger partial charge on any atom is -0.475 e. The molecule has 0 spiro atoms. The van der Waals surface area contributed by atoms with Crippen LogP contribution in [0.15, 0.2) is 36.8 Å². The number of nitrogens with zero attached hydrogens (tertiary/aromatic N) is 5. The second-order valence-corrected chi connectivity index (χ2v) is 7.92. The van der Waals surface area contributed by atoms with Crippen LogP contribution in [-0.4, -0.2) is 84.6 Å². The van der Waals surface area contributed by atoms with Gasteiger partial charge in [0.25, 0.3) is 5.91 Å². The summed E-state index contributed by atoms with van der Waals surface area (Å²) in [6.45, 7) is 0.648. The van der Waals surface area contributed by atoms with E-state index in [1.165, 1.54) is 0 Å². The molecule has 2 atom stereocenters. The number of carboxylic acids is 2. The Morgan fingerprint density at radius 1 is 0.974 bits per heavy atom. The largest absolute Gasteiger partial charge is 0.490 e. The van der Waals surface area contributed by atoms with Crippen LogP contribution in [0, 0.1) is 0 Å². The molecule has 0 aliphatic carbocycles. The Morgan fingerprint density at radius 2 is 1.55 bits per heavy atom. The molecular formula is C21H21F6N5O6. The smallest absolute Gasteiger partial charge is 0.475 e. The van der Waals surface area contributed by atoms with Gasteiger partial charge in [-0.25, -0.2) is 9.59 Å². The highest BCUT2D eigenvalue weighted by Crippen LogP contribution is 2.35. The number of amides is 2. The summed E-state index contributed by atoms with van der Waals surface area (Å²) in [5, 5.41) is 18.4. The van der Waals surface area contributed by atoms with E-state index >= 15 is 0 Å². The number of aromatic nitrogens is 3. The molecule has 4 heterocycles. The fourth-order valence-corrected chi connectivity index (χ4v) is 3.82. The summed E-state index contributed by atoms with van der Waals surface area (Å²) in [7, 11) is 1.83. The molecule has 0 unspecified atom stereocenters. The lowest BCUT2D eigenvalue weighted by Gasteiger charge is -2.38. The number of hydrogen-bond acceptors (Lipinski definition) is 6. The molecule has 38 heavy (non-hydrogen) atoms. The zero-order chi connectivity index (χ0) is 28.8. The fourth-order valence-electron chi connectivity index (χ4n) is 3.82. The molecule has 208 valence electrons. The summed E-state index contributed by atoms with van der Waals surface area (Å²) in [6, 6.07) is 5.41. The van der Waals surface area contributed by atoms with Crippen LogP contribution in [0.5, 0.6) is 0 Å². The second-order valence-electron chi connectivity index (χ2n) is 7.92. The number of fused-ring (bicyclic) bond motifs is 1. The number of carboxylic acid groups (broad SMARTS) is 2. The van der Waals surface area contributed by atoms with Gasteiger partial charge in [-0.05, 0) is 25.0 Å². The summed E-state index contributed by atoms with van der Waals surface area (Å²) in [6.07, 6.45) is -3.04. The van der Waals surface area contributed by atoms with Gasteiger partial charge in [0.05, 0.1) is 24.0 Å². The standard InChI is InChI=1S/C17H19N5O2.2C2HF3O2/c1-20-11-12(10-19-20)22-15-7-9-21(14(15)5-6-16(22)23)17(24)13-4-2-3-8-18-13;2*3-2(4,5)1(6)7/h2-4,8,10-11,14-15H,5-7,9H2,1H3;2*(H,6,7)/t14-,15-;;/m1../s1. The predicted molar refractivity (Wildman–Crippen MR) is 115 cm³/mol. The number of carbonyl (C=O) groups excluding carboxylic acids is 2. The Hall–Kier alpha value is -4.18. The van der Waals surface area contributed by atoms with Crippen molar-refractivity contribution < 1.29 is 55.7 Å². The first-order chi connectivity index (χ1) is 17.5. The van der Waals surface area contributed by atoms with Crippen molar-refractivity contribution in [2.75, 3.05) is 11.4 Å². The van der Waals surface area contributed by atoms with E-state index in [2.05, 4.69) is 10.1 Å². The maximum absolute atomic E-state index is 12.8. The van der Waals surface area contributed by atoms with Gasteiger partial charge in [0.1, 0.15) is 5.69 Å². The van der Waals surface area contributed by atoms with Crippen LogP contribution < -0.4 is 4.90 Å². The molecule has 0 saturated carbocycles. The molecule has 0 bridgehead atoms. The van der Waals surface area contributed by atoms with E-state index in [1.54, 1.807) is 29.2 Å². The number of rotatable bonds is 2. The van der Waals surface area contributed by atoms with Crippen LogP contribution in [0.3, 0.4) is 0 Å². The van der Waals surface area contributed by atoms with Crippen molar-refractivity contribution in [3.63, 3.8) is 0 Å². The summed E-state index contributed by atoms with van der Waals surface area (Å²) >= 11 is 0. The van der Waals surface area contributed by atoms with E-state index in [1.807, 2.05) is 29.1 Å². The van der Waals surface area contributed by atoms with Gasteiger partial charge < -0.3 is 20.0 Å². The van der Waals surface area contributed by atoms with Crippen molar-refractivity contribution in [3.05, 3.63) is 42.5 Å². The van der Waals surface area contributed by atoms with E-state index in [4.69, 9.17) is 19.8 Å². The SMILES string of the molecule is Cn1cc(N2C(=O)CC[C@@H]3[C@H]2CCN3C(=O)c2ccccn2)cn1.O=C(O)C(F)(F)F.O=C(O)C(F)(F)F. The third kappa shape index (κ3) is 7.66. The molecule has 17 heteroatoms. The van der Waals surface area contributed by atoms with E-state index in [-0.39, 0.29) is 23.9 Å².